The van der Waals surface area contributed by atoms with E-state index < -0.39 is 0 Å². The Hall–Kier alpha value is -0.770. The summed E-state index contributed by atoms with van der Waals surface area (Å²) in [4.78, 5) is 11.5. The zero-order valence-corrected chi connectivity index (χ0v) is 10.0. The number of urea groups is 1. The average Bonchev–Trinajstić information content (AvgIpc) is 2.14. The molecule has 2 amide bonds. The molecule has 3 N–H and O–H groups in total. The van der Waals surface area contributed by atoms with Gasteiger partial charge in [-0.05, 0) is 52.6 Å². The molecule has 0 bridgehead atoms. The molecular weight excluding hydrogens is 190 g/mol. The first-order valence-corrected chi connectivity index (χ1v) is 5.74. The van der Waals surface area contributed by atoms with Crippen molar-refractivity contribution in [2.75, 3.05) is 19.6 Å². The standard InChI is InChI=1S/C11H23N3O/c1-11(2,3)14-10(15)13-8-9-4-6-12-7-5-9/h9,12H,4-8H2,1-3H3,(H2,13,14,15). The molecule has 1 saturated heterocycles. The van der Waals surface area contributed by atoms with Gasteiger partial charge in [0.1, 0.15) is 0 Å². The Morgan fingerprint density at radius 1 is 1.33 bits per heavy atom. The monoisotopic (exact) mass is 213 g/mol. The molecule has 0 aromatic rings. The smallest absolute Gasteiger partial charge is 0.315 e. The Bertz CT molecular complexity index is 204. The molecule has 0 saturated carbocycles. The molecule has 1 aliphatic heterocycles. The molecule has 0 spiro atoms. The maximum absolute atomic E-state index is 11.5. The van der Waals surface area contributed by atoms with Gasteiger partial charge in [0.2, 0.25) is 0 Å². The highest BCUT2D eigenvalue weighted by Gasteiger charge is 2.16. The summed E-state index contributed by atoms with van der Waals surface area (Å²) >= 11 is 0. The number of nitrogens with one attached hydrogen (secondary N) is 3. The van der Waals surface area contributed by atoms with Crippen LogP contribution in [0.25, 0.3) is 0 Å². The molecule has 1 heterocycles. The van der Waals surface area contributed by atoms with Gasteiger partial charge in [0.05, 0.1) is 0 Å². The first kappa shape index (κ1) is 12.3. The first-order valence-electron chi connectivity index (χ1n) is 5.74. The maximum Gasteiger partial charge on any atom is 0.315 e. The second-order valence-electron chi connectivity index (χ2n) is 5.28. The first-order chi connectivity index (χ1) is 6.97. The van der Waals surface area contributed by atoms with Gasteiger partial charge in [0.15, 0.2) is 0 Å². The molecule has 4 heteroatoms. The lowest BCUT2D eigenvalue weighted by atomic mass is 9.98. The molecule has 15 heavy (non-hydrogen) atoms. The van der Waals surface area contributed by atoms with Crippen LogP contribution in [0.3, 0.4) is 0 Å². The molecule has 0 aromatic heterocycles. The predicted molar refractivity (Wildman–Crippen MR) is 61.9 cm³/mol. The number of piperidine rings is 1. The third-order valence-corrected chi connectivity index (χ3v) is 2.50. The van der Waals surface area contributed by atoms with Gasteiger partial charge in [-0.2, -0.15) is 0 Å². The topological polar surface area (TPSA) is 53.2 Å². The fourth-order valence-corrected chi connectivity index (χ4v) is 1.71. The zero-order valence-electron chi connectivity index (χ0n) is 10.0. The number of rotatable bonds is 2. The van der Waals surface area contributed by atoms with Crippen LogP contribution in [0.5, 0.6) is 0 Å². The number of carbonyl (C=O) groups excluding carboxylic acids is 1. The lowest BCUT2D eigenvalue weighted by Crippen LogP contribution is -2.48. The quantitative estimate of drug-likeness (QED) is 0.643. The van der Waals surface area contributed by atoms with Gasteiger partial charge in [0, 0.05) is 12.1 Å². The third kappa shape index (κ3) is 5.62. The summed E-state index contributed by atoms with van der Waals surface area (Å²) in [5.41, 5.74) is -0.155. The highest BCUT2D eigenvalue weighted by Crippen LogP contribution is 2.09. The summed E-state index contributed by atoms with van der Waals surface area (Å²) < 4.78 is 0. The molecule has 1 rings (SSSR count). The second kappa shape index (κ2) is 5.35. The number of hydrogen-bond donors (Lipinski definition) is 3. The highest BCUT2D eigenvalue weighted by molar-refractivity contribution is 5.74. The molecule has 0 unspecified atom stereocenters. The van der Waals surface area contributed by atoms with E-state index in [9.17, 15) is 4.79 Å². The van der Waals surface area contributed by atoms with Crippen LogP contribution < -0.4 is 16.0 Å². The van der Waals surface area contributed by atoms with Gasteiger partial charge in [0.25, 0.3) is 0 Å². The van der Waals surface area contributed by atoms with Crippen LogP contribution in [0.1, 0.15) is 33.6 Å². The summed E-state index contributed by atoms with van der Waals surface area (Å²) in [6, 6.07) is -0.0546. The molecule has 88 valence electrons. The van der Waals surface area contributed by atoms with E-state index >= 15 is 0 Å². The van der Waals surface area contributed by atoms with Crippen LogP contribution in [-0.4, -0.2) is 31.2 Å². The molecular formula is C11H23N3O. The van der Waals surface area contributed by atoms with Crippen molar-refractivity contribution in [1.82, 2.24) is 16.0 Å². The van der Waals surface area contributed by atoms with E-state index in [1.54, 1.807) is 0 Å². The molecule has 4 nitrogen and oxygen atoms in total. The normalized spacial score (nSPS) is 18.6. The summed E-state index contributed by atoms with van der Waals surface area (Å²) in [5, 5.41) is 9.14. The van der Waals surface area contributed by atoms with E-state index in [0.29, 0.717) is 5.92 Å². The zero-order chi connectivity index (χ0) is 11.3. The third-order valence-electron chi connectivity index (χ3n) is 2.50. The number of amides is 2. The van der Waals surface area contributed by atoms with Gasteiger partial charge >= 0.3 is 6.03 Å². The summed E-state index contributed by atoms with van der Waals surface area (Å²) in [6.45, 7) is 8.90. The fraction of sp³-hybridized carbons (Fsp3) is 0.909. The minimum atomic E-state index is -0.155. The summed E-state index contributed by atoms with van der Waals surface area (Å²) in [7, 11) is 0. The van der Waals surface area contributed by atoms with Crippen molar-refractivity contribution in [2.45, 2.75) is 39.2 Å². The maximum atomic E-state index is 11.5. The highest BCUT2D eigenvalue weighted by atomic mass is 16.2. The van der Waals surface area contributed by atoms with Crippen LogP contribution in [0.15, 0.2) is 0 Å². The van der Waals surface area contributed by atoms with Crippen molar-refractivity contribution < 1.29 is 4.79 Å². The van der Waals surface area contributed by atoms with E-state index in [4.69, 9.17) is 0 Å². The van der Waals surface area contributed by atoms with Crippen molar-refractivity contribution in [2.24, 2.45) is 5.92 Å². The van der Waals surface area contributed by atoms with Crippen LogP contribution >= 0.6 is 0 Å². The molecule has 0 radical (unpaired) electrons. The Kier molecular flexibility index (Phi) is 4.39. The Morgan fingerprint density at radius 3 is 2.47 bits per heavy atom. The van der Waals surface area contributed by atoms with Crippen molar-refractivity contribution in [3.05, 3.63) is 0 Å². The van der Waals surface area contributed by atoms with Gasteiger partial charge in [-0.1, -0.05) is 0 Å². The van der Waals surface area contributed by atoms with E-state index in [1.165, 1.54) is 0 Å². The lowest BCUT2D eigenvalue weighted by Gasteiger charge is -2.25. The SMILES string of the molecule is CC(C)(C)NC(=O)NCC1CCNCC1. The van der Waals surface area contributed by atoms with E-state index in [-0.39, 0.29) is 11.6 Å². The van der Waals surface area contributed by atoms with Crippen LogP contribution in [0, 0.1) is 5.92 Å². The van der Waals surface area contributed by atoms with E-state index in [1.807, 2.05) is 20.8 Å². The van der Waals surface area contributed by atoms with E-state index in [2.05, 4.69) is 16.0 Å². The van der Waals surface area contributed by atoms with Crippen LogP contribution in [0.4, 0.5) is 4.79 Å². The largest absolute Gasteiger partial charge is 0.338 e. The fourth-order valence-electron chi connectivity index (χ4n) is 1.71. The van der Waals surface area contributed by atoms with Gasteiger partial charge < -0.3 is 16.0 Å². The number of carbonyl (C=O) groups is 1. The molecule has 1 aliphatic rings. The van der Waals surface area contributed by atoms with Crippen LogP contribution in [0.2, 0.25) is 0 Å². The van der Waals surface area contributed by atoms with Crippen molar-refractivity contribution >= 4 is 6.03 Å². The Morgan fingerprint density at radius 2 is 1.93 bits per heavy atom. The van der Waals surface area contributed by atoms with Crippen molar-refractivity contribution in [3.8, 4) is 0 Å². The van der Waals surface area contributed by atoms with Crippen molar-refractivity contribution in [1.29, 1.82) is 0 Å². The average molecular weight is 213 g/mol. The van der Waals surface area contributed by atoms with Gasteiger partial charge in [-0.15, -0.1) is 0 Å². The van der Waals surface area contributed by atoms with Gasteiger partial charge in [-0.3, -0.25) is 0 Å². The minimum absolute atomic E-state index is 0.0546. The summed E-state index contributed by atoms with van der Waals surface area (Å²) in [5.74, 6) is 0.636. The molecule has 0 atom stereocenters. The van der Waals surface area contributed by atoms with E-state index in [0.717, 1.165) is 32.5 Å². The minimum Gasteiger partial charge on any atom is -0.338 e. The summed E-state index contributed by atoms with van der Waals surface area (Å²) in [6.07, 6.45) is 2.32. The number of hydrogen-bond acceptors (Lipinski definition) is 2. The Labute approximate surface area is 92.2 Å². The van der Waals surface area contributed by atoms with Gasteiger partial charge in [-0.25, -0.2) is 4.79 Å². The van der Waals surface area contributed by atoms with Crippen LogP contribution in [-0.2, 0) is 0 Å². The Balaban J connectivity index is 2.15. The molecule has 0 aromatic carbocycles. The molecule has 1 fully saturated rings. The van der Waals surface area contributed by atoms with Crippen molar-refractivity contribution in [3.63, 3.8) is 0 Å². The predicted octanol–water partition coefficient (Wildman–Crippen LogP) is 1.08. The molecule has 0 aliphatic carbocycles. The lowest BCUT2D eigenvalue weighted by molar-refractivity contribution is 0.228. The second-order valence-corrected chi connectivity index (χ2v) is 5.28.